The van der Waals surface area contributed by atoms with Crippen molar-refractivity contribution in [3.63, 3.8) is 0 Å². The molecule has 0 spiro atoms. The predicted octanol–water partition coefficient (Wildman–Crippen LogP) is 3.50. The van der Waals surface area contributed by atoms with E-state index in [1.807, 2.05) is 30.3 Å². The van der Waals surface area contributed by atoms with Crippen molar-refractivity contribution in [2.75, 3.05) is 0 Å². The van der Waals surface area contributed by atoms with Gasteiger partial charge in [0.15, 0.2) is 0 Å². The summed E-state index contributed by atoms with van der Waals surface area (Å²) < 4.78 is 1.51. The molecule has 0 unspecified atom stereocenters. The van der Waals surface area contributed by atoms with Gasteiger partial charge < -0.3 is 24.8 Å². The summed E-state index contributed by atoms with van der Waals surface area (Å²) in [6, 6.07) is 30.7. The monoisotopic (exact) mass is 610 g/mol. The van der Waals surface area contributed by atoms with Crippen LogP contribution in [0.15, 0.2) is 91.0 Å². The summed E-state index contributed by atoms with van der Waals surface area (Å²) in [6.07, 6.45) is 0. The molecule has 5 aromatic rings. The van der Waals surface area contributed by atoms with E-state index in [2.05, 4.69) is 68.4 Å². The van der Waals surface area contributed by atoms with E-state index in [1.54, 1.807) is 30.3 Å². The van der Waals surface area contributed by atoms with Crippen LogP contribution in [0.4, 0.5) is 0 Å². The van der Waals surface area contributed by atoms with Gasteiger partial charge in [-0.3, -0.25) is 0 Å². The van der Waals surface area contributed by atoms with Crippen LogP contribution in [0.2, 0.25) is 15.1 Å². The van der Waals surface area contributed by atoms with Crippen molar-refractivity contribution in [2.45, 2.75) is 13.8 Å². The zero-order valence-corrected chi connectivity index (χ0v) is 24.3. The smallest absolute Gasteiger partial charge is 0.0690 e. The van der Waals surface area contributed by atoms with Crippen LogP contribution in [-0.4, -0.2) is 3.21 Å². The minimum Gasteiger partial charge on any atom is -1.00 e. The van der Waals surface area contributed by atoms with E-state index in [4.69, 9.17) is 34.8 Å². The number of halogens is 5. The van der Waals surface area contributed by atoms with Crippen LogP contribution in [0, 0.1) is 0 Å². The molecular formula is C27H21Cl5Zr-2. The first-order valence-electron chi connectivity index (χ1n) is 9.79. The summed E-state index contributed by atoms with van der Waals surface area (Å²) in [6.45, 7) is 4.25. The van der Waals surface area contributed by atoms with Crippen LogP contribution < -0.4 is 24.8 Å². The zero-order chi connectivity index (χ0) is 22.4. The summed E-state index contributed by atoms with van der Waals surface area (Å²) in [4.78, 5) is 0. The standard InChI is InChI=1S/C13H9.C11H6Cl3.C3H6.2ClH.Zr/c1-3-7-12-10(5-1)9-11-6-2-4-8-13(11)12;12-9-6-5-8(10(13)11(9)14)7-3-1-2-4-7;1-3-2;;;/h1-9H;1-6H;1-2H3;2*1H;/q2*-1;;;;+2/p-2. The van der Waals surface area contributed by atoms with Crippen molar-refractivity contribution in [1.29, 1.82) is 0 Å². The second-order valence-corrected chi connectivity index (χ2v) is 10.8. The maximum absolute atomic E-state index is 6.07. The third-order valence-electron chi connectivity index (χ3n) is 4.53. The fourth-order valence-electron chi connectivity index (χ4n) is 3.21. The zero-order valence-electron chi connectivity index (χ0n) is 18.1. The van der Waals surface area contributed by atoms with Crippen molar-refractivity contribution < 1.29 is 49.0 Å². The Morgan fingerprint density at radius 3 is 1.70 bits per heavy atom. The largest absolute Gasteiger partial charge is 1.00 e. The van der Waals surface area contributed by atoms with Gasteiger partial charge in [0.25, 0.3) is 0 Å². The Labute approximate surface area is 237 Å². The van der Waals surface area contributed by atoms with E-state index in [-0.39, 0.29) is 24.8 Å². The van der Waals surface area contributed by atoms with Gasteiger partial charge in [0.1, 0.15) is 0 Å². The van der Waals surface area contributed by atoms with Gasteiger partial charge in [-0.2, -0.15) is 18.2 Å². The molecule has 170 valence electrons. The van der Waals surface area contributed by atoms with Crippen molar-refractivity contribution >= 4 is 59.6 Å². The van der Waals surface area contributed by atoms with Crippen molar-refractivity contribution in [1.82, 2.24) is 0 Å². The molecule has 0 aliphatic heterocycles. The topological polar surface area (TPSA) is 0 Å². The molecule has 6 heteroatoms. The molecular weight excluding hydrogens is 593 g/mol. The minimum absolute atomic E-state index is 0. The van der Waals surface area contributed by atoms with E-state index in [9.17, 15) is 0 Å². The third kappa shape index (κ3) is 8.07. The maximum atomic E-state index is 6.07. The quantitative estimate of drug-likeness (QED) is 0.201. The van der Waals surface area contributed by atoms with E-state index >= 15 is 0 Å². The molecule has 0 aliphatic carbocycles. The molecule has 5 aromatic carbocycles. The Morgan fingerprint density at radius 2 is 1.21 bits per heavy atom. The second-order valence-electron chi connectivity index (χ2n) is 7.22. The van der Waals surface area contributed by atoms with Crippen LogP contribution in [0.5, 0.6) is 0 Å². The summed E-state index contributed by atoms with van der Waals surface area (Å²) in [5.41, 5.74) is 1.96. The van der Waals surface area contributed by atoms with Gasteiger partial charge in [-0.1, -0.05) is 88.9 Å². The molecule has 0 aliphatic rings. The van der Waals surface area contributed by atoms with Crippen LogP contribution in [0.25, 0.3) is 32.7 Å². The number of fused-ring (bicyclic) bond motifs is 3. The Morgan fingerprint density at radius 1 is 0.697 bits per heavy atom. The average molecular weight is 614 g/mol. The van der Waals surface area contributed by atoms with Gasteiger partial charge in [0, 0.05) is 5.02 Å². The SMILES string of the molecule is C[C](C)=[Zr+2].Clc1ccc(-c2ccc[cH-]2)c(Cl)c1Cl.[Cl-].[Cl-].c1ccc2c(c1)[cH-]c1ccccc12. The van der Waals surface area contributed by atoms with Crippen LogP contribution in [-0.2, 0) is 24.2 Å². The maximum Gasteiger partial charge on any atom is 0.0690 e. The van der Waals surface area contributed by atoms with Gasteiger partial charge in [-0.25, -0.2) is 0 Å². The molecule has 0 bridgehead atoms. The molecule has 0 fully saturated rings. The normalized spacial score (nSPS) is 9.67. The van der Waals surface area contributed by atoms with Crippen LogP contribution in [0.3, 0.4) is 0 Å². The summed E-state index contributed by atoms with van der Waals surface area (Å²) in [5, 5.41) is 6.79. The van der Waals surface area contributed by atoms with Gasteiger partial charge >= 0.3 is 41.3 Å². The van der Waals surface area contributed by atoms with Crippen molar-refractivity contribution in [2.24, 2.45) is 0 Å². The Kier molecular flexibility index (Phi) is 13.2. The average Bonchev–Trinajstić information content (AvgIpc) is 3.40. The summed E-state index contributed by atoms with van der Waals surface area (Å²) in [7, 11) is 0. The number of benzene rings is 3. The molecule has 0 saturated carbocycles. The van der Waals surface area contributed by atoms with Crippen molar-refractivity contribution in [3.05, 3.63) is 106 Å². The molecule has 0 aromatic heterocycles. The first-order valence-corrected chi connectivity index (χ1v) is 12.1. The third-order valence-corrected chi connectivity index (χ3v) is 5.83. The van der Waals surface area contributed by atoms with Gasteiger partial charge in [-0.15, -0.1) is 51.4 Å². The molecule has 0 amide bonds. The van der Waals surface area contributed by atoms with Crippen molar-refractivity contribution in [3.8, 4) is 11.1 Å². The van der Waals surface area contributed by atoms with E-state index in [1.165, 1.54) is 24.8 Å². The van der Waals surface area contributed by atoms with Gasteiger partial charge in [0.2, 0.25) is 0 Å². The molecule has 0 saturated heterocycles. The first-order chi connectivity index (χ1) is 14.9. The first kappa shape index (κ1) is 30.1. The molecule has 0 heterocycles. The van der Waals surface area contributed by atoms with E-state index < -0.39 is 0 Å². The molecule has 0 atom stereocenters. The Hall–Kier alpha value is -0.917. The summed E-state index contributed by atoms with van der Waals surface area (Å²) in [5.74, 6) is 0. The summed E-state index contributed by atoms with van der Waals surface area (Å²) >= 11 is 19.4. The fraction of sp³-hybridized carbons (Fsp3) is 0.0741. The van der Waals surface area contributed by atoms with E-state index in [0.29, 0.717) is 15.1 Å². The predicted molar refractivity (Wildman–Crippen MR) is 136 cm³/mol. The minimum atomic E-state index is 0. The van der Waals surface area contributed by atoms with Gasteiger partial charge in [-0.05, 0) is 0 Å². The Balaban J connectivity index is 0.000000271. The number of rotatable bonds is 1. The molecule has 0 nitrogen and oxygen atoms in total. The van der Waals surface area contributed by atoms with Crippen LogP contribution >= 0.6 is 34.8 Å². The van der Waals surface area contributed by atoms with E-state index in [0.717, 1.165) is 11.1 Å². The number of hydrogen-bond donors (Lipinski definition) is 0. The molecule has 0 N–H and O–H groups in total. The fourth-order valence-corrected chi connectivity index (χ4v) is 3.85. The molecule has 5 rings (SSSR count). The molecule has 33 heavy (non-hydrogen) atoms. The van der Waals surface area contributed by atoms with Gasteiger partial charge in [0.05, 0.1) is 10.0 Å². The van der Waals surface area contributed by atoms with Crippen LogP contribution in [0.1, 0.15) is 13.8 Å². The Bertz CT molecular complexity index is 1250. The second kappa shape index (κ2) is 14.5. The number of hydrogen-bond acceptors (Lipinski definition) is 0. The molecule has 0 radical (unpaired) electrons.